The van der Waals surface area contributed by atoms with Crippen LogP contribution in [0, 0.1) is 17.2 Å². The van der Waals surface area contributed by atoms with Crippen molar-refractivity contribution in [2.75, 3.05) is 24.5 Å². The molecule has 1 saturated heterocycles. The van der Waals surface area contributed by atoms with E-state index in [2.05, 4.69) is 0 Å². The molecule has 1 aliphatic heterocycles. The van der Waals surface area contributed by atoms with Crippen molar-refractivity contribution in [2.24, 2.45) is 5.92 Å². The lowest BCUT2D eigenvalue weighted by Crippen LogP contribution is -2.41. The molecule has 1 amide bonds. The number of aliphatic carboxylic acids is 1. The summed E-state index contributed by atoms with van der Waals surface area (Å²) < 4.78 is 0. The number of carboxylic acid groups (broad SMARTS) is 1. The van der Waals surface area contributed by atoms with E-state index in [0.717, 1.165) is 5.69 Å². The molecule has 2 rings (SSSR count). The minimum absolute atomic E-state index is 0.0643. The van der Waals surface area contributed by atoms with E-state index in [4.69, 9.17) is 5.11 Å². The van der Waals surface area contributed by atoms with Crippen molar-refractivity contribution >= 4 is 17.6 Å². The lowest BCUT2D eigenvalue weighted by Gasteiger charge is -2.30. The Kier molecular flexibility index (Phi) is 5.96. The fraction of sp³-hybridized carbons (Fsp3) is 0.389. The first kappa shape index (κ1) is 17.5. The van der Waals surface area contributed by atoms with Gasteiger partial charge in [-0.15, -0.1) is 0 Å². The number of piperidine rings is 1. The molecule has 0 bridgehead atoms. The summed E-state index contributed by atoms with van der Waals surface area (Å²) in [6, 6.07) is 11.5. The van der Waals surface area contributed by atoms with E-state index < -0.39 is 11.9 Å². The van der Waals surface area contributed by atoms with Crippen molar-refractivity contribution in [3.63, 3.8) is 0 Å². The smallest absolute Gasteiger partial charge is 0.306 e. The van der Waals surface area contributed by atoms with Crippen LogP contribution in [0.15, 0.2) is 42.1 Å². The number of amides is 1. The maximum atomic E-state index is 12.5. The molecule has 0 aliphatic carbocycles. The Morgan fingerprint density at radius 2 is 1.96 bits per heavy atom. The molecule has 1 heterocycles. The standard InChI is InChI=1S/C18H21N3O3/c1-2-20(16-6-4-3-5-7-16)13-15(12-19)17(22)21-10-8-14(9-11-21)18(23)24/h3-7,13-14H,2,8-11H2,1H3,(H,23,24)/b15-13-. The van der Waals surface area contributed by atoms with Crippen molar-refractivity contribution in [3.8, 4) is 6.07 Å². The predicted molar refractivity (Wildman–Crippen MR) is 90.1 cm³/mol. The molecule has 6 nitrogen and oxygen atoms in total. The number of anilines is 1. The first-order chi connectivity index (χ1) is 11.6. The fourth-order valence-corrected chi connectivity index (χ4v) is 2.76. The van der Waals surface area contributed by atoms with Gasteiger partial charge in [0, 0.05) is 31.5 Å². The predicted octanol–water partition coefficient (Wildman–Crippen LogP) is 2.24. The SMILES string of the molecule is CCN(/C=C(/C#N)C(=O)N1CCC(C(=O)O)CC1)c1ccccc1. The summed E-state index contributed by atoms with van der Waals surface area (Å²) in [6.45, 7) is 3.31. The minimum Gasteiger partial charge on any atom is -0.481 e. The van der Waals surface area contributed by atoms with Gasteiger partial charge in [-0.1, -0.05) is 18.2 Å². The Labute approximate surface area is 141 Å². The minimum atomic E-state index is -0.820. The molecule has 126 valence electrons. The summed E-state index contributed by atoms with van der Waals surface area (Å²) in [6.07, 6.45) is 2.42. The highest BCUT2D eigenvalue weighted by Gasteiger charge is 2.28. The van der Waals surface area contributed by atoms with Gasteiger partial charge in [0.25, 0.3) is 5.91 Å². The number of nitrogens with zero attached hydrogens (tertiary/aromatic N) is 3. The molecule has 24 heavy (non-hydrogen) atoms. The number of carbonyl (C=O) groups is 2. The van der Waals surface area contributed by atoms with Crippen LogP contribution in [0.25, 0.3) is 0 Å². The molecule has 1 aromatic carbocycles. The number of hydrogen-bond donors (Lipinski definition) is 1. The third-order valence-corrected chi connectivity index (χ3v) is 4.20. The van der Waals surface area contributed by atoms with Crippen molar-refractivity contribution in [1.82, 2.24) is 4.90 Å². The summed E-state index contributed by atoms with van der Waals surface area (Å²) in [5.41, 5.74) is 0.972. The molecule has 0 unspecified atom stereocenters. The van der Waals surface area contributed by atoms with Gasteiger partial charge in [0.1, 0.15) is 11.6 Å². The van der Waals surface area contributed by atoms with Gasteiger partial charge in [0.2, 0.25) is 0 Å². The van der Waals surface area contributed by atoms with Gasteiger partial charge in [-0.25, -0.2) is 0 Å². The Hall–Kier alpha value is -2.81. The molecule has 1 N–H and O–H groups in total. The molecule has 0 saturated carbocycles. The van der Waals surface area contributed by atoms with Crippen molar-refractivity contribution < 1.29 is 14.7 Å². The van der Waals surface area contributed by atoms with Crippen LogP contribution in [0.5, 0.6) is 0 Å². The van der Waals surface area contributed by atoms with E-state index in [-0.39, 0.29) is 11.5 Å². The summed E-state index contributed by atoms with van der Waals surface area (Å²) in [7, 11) is 0. The Morgan fingerprint density at radius 3 is 2.46 bits per heavy atom. The zero-order valence-electron chi connectivity index (χ0n) is 13.7. The third kappa shape index (κ3) is 4.13. The number of para-hydroxylation sites is 1. The molecule has 0 aromatic heterocycles. The monoisotopic (exact) mass is 327 g/mol. The second-order valence-corrected chi connectivity index (χ2v) is 5.68. The largest absolute Gasteiger partial charge is 0.481 e. The van der Waals surface area contributed by atoms with Gasteiger partial charge in [0.05, 0.1) is 5.92 Å². The zero-order chi connectivity index (χ0) is 17.5. The molecule has 1 aromatic rings. The lowest BCUT2D eigenvalue weighted by atomic mass is 9.97. The van der Waals surface area contributed by atoms with Gasteiger partial charge < -0.3 is 14.9 Å². The van der Waals surface area contributed by atoms with Gasteiger partial charge in [0.15, 0.2) is 0 Å². The van der Waals surface area contributed by atoms with E-state index in [0.29, 0.717) is 32.5 Å². The number of hydrogen-bond acceptors (Lipinski definition) is 4. The summed E-state index contributed by atoms with van der Waals surface area (Å²) in [5.74, 6) is -1.56. The fourth-order valence-electron chi connectivity index (χ4n) is 2.76. The second kappa shape index (κ2) is 8.16. The molecule has 0 spiro atoms. The zero-order valence-corrected chi connectivity index (χ0v) is 13.7. The van der Waals surface area contributed by atoms with Crippen molar-refractivity contribution in [3.05, 3.63) is 42.1 Å². The van der Waals surface area contributed by atoms with Crippen molar-refractivity contribution in [2.45, 2.75) is 19.8 Å². The topological polar surface area (TPSA) is 84.6 Å². The van der Waals surface area contributed by atoms with E-state index in [9.17, 15) is 14.9 Å². The van der Waals surface area contributed by atoms with Crippen molar-refractivity contribution in [1.29, 1.82) is 5.26 Å². The lowest BCUT2D eigenvalue weighted by molar-refractivity contribution is -0.145. The van der Waals surface area contributed by atoms with Crippen LogP contribution >= 0.6 is 0 Å². The Balaban J connectivity index is 2.11. The second-order valence-electron chi connectivity index (χ2n) is 5.68. The molecular weight excluding hydrogens is 306 g/mol. The highest BCUT2D eigenvalue weighted by molar-refractivity contribution is 5.97. The van der Waals surface area contributed by atoms with Crippen LogP contribution in [-0.4, -0.2) is 41.5 Å². The summed E-state index contributed by atoms with van der Waals surface area (Å²) >= 11 is 0. The van der Waals surface area contributed by atoms with E-state index in [1.807, 2.05) is 48.2 Å². The molecule has 1 aliphatic rings. The van der Waals surface area contributed by atoms with E-state index >= 15 is 0 Å². The molecule has 0 radical (unpaired) electrons. The number of likely N-dealkylation sites (tertiary alicyclic amines) is 1. The Bertz CT molecular complexity index is 656. The number of rotatable bonds is 5. The van der Waals surface area contributed by atoms with Crippen LogP contribution in [0.3, 0.4) is 0 Å². The van der Waals surface area contributed by atoms with Gasteiger partial charge >= 0.3 is 5.97 Å². The average Bonchev–Trinajstić information content (AvgIpc) is 2.63. The highest BCUT2D eigenvalue weighted by atomic mass is 16.4. The highest BCUT2D eigenvalue weighted by Crippen LogP contribution is 2.20. The summed E-state index contributed by atoms with van der Waals surface area (Å²) in [4.78, 5) is 26.9. The quantitative estimate of drug-likeness (QED) is 0.662. The molecule has 1 fully saturated rings. The first-order valence-electron chi connectivity index (χ1n) is 8.02. The van der Waals surface area contributed by atoms with Crippen LogP contribution in [0.2, 0.25) is 0 Å². The number of nitriles is 1. The Morgan fingerprint density at radius 1 is 1.33 bits per heavy atom. The maximum Gasteiger partial charge on any atom is 0.306 e. The van der Waals surface area contributed by atoms with Crippen LogP contribution in [0.1, 0.15) is 19.8 Å². The van der Waals surface area contributed by atoms with Crippen LogP contribution in [-0.2, 0) is 9.59 Å². The number of benzene rings is 1. The first-order valence-corrected chi connectivity index (χ1v) is 8.02. The maximum absolute atomic E-state index is 12.5. The van der Waals surface area contributed by atoms with Gasteiger partial charge in [-0.05, 0) is 31.9 Å². The molecule has 0 atom stereocenters. The van der Waals surface area contributed by atoms with Gasteiger partial charge in [-0.2, -0.15) is 5.26 Å². The van der Waals surface area contributed by atoms with E-state index in [1.165, 1.54) is 0 Å². The molecular formula is C18H21N3O3. The average molecular weight is 327 g/mol. The number of carbonyl (C=O) groups excluding carboxylic acids is 1. The normalized spacial score (nSPS) is 15.7. The van der Waals surface area contributed by atoms with Gasteiger partial charge in [-0.3, -0.25) is 9.59 Å². The summed E-state index contributed by atoms with van der Waals surface area (Å²) in [5, 5.41) is 18.4. The molecule has 6 heteroatoms. The van der Waals surface area contributed by atoms with Crippen LogP contribution in [0.4, 0.5) is 5.69 Å². The third-order valence-electron chi connectivity index (χ3n) is 4.20. The number of carboxylic acids is 1. The van der Waals surface area contributed by atoms with E-state index in [1.54, 1.807) is 11.1 Å². The van der Waals surface area contributed by atoms with Crippen LogP contribution < -0.4 is 4.90 Å².